The predicted octanol–water partition coefficient (Wildman–Crippen LogP) is 1.58. The Labute approximate surface area is 169 Å². The average Bonchev–Trinajstić information content (AvgIpc) is 3.54. The van der Waals surface area contributed by atoms with Crippen LogP contribution in [-0.2, 0) is 11.3 Å². The van der Waals surface area contributed by atoms with Gasteiger partial charge in [0, 0.05) is 63.2 Å². The van der Waals surface area contributed by atoms with Gasteiger partial charge in [0.25, 0.3) is 0 Å². The van der Waals surface area contributed by atoms with Crippen LogP contribution in [0.1, 0.15) is 30.9 Å². The van der Waals surface area contributed by atoms with Crippen LogP contribution in [0.25, 0.3) is 11.2 Å². The van der Waals surface area contributed by atoms with Crippen molar-refractivity contribution in [3.05, 3.63) is 30.6 Å². The first-order valence-corrected chi connectivity index (χ1v) is 10.4. The van der Waals surface area contributed by atoms with Gasteiger partial charge in [-0.3, -0.25) is 5.10 Å². The van der Waals surface area contributed by atoms with E-state index in [9.17, 15) is 5.11 Å². The number of hydrogen-bond acceptors (Lipinski definition) is 7. The number of nitrogens with one attached hydrogen (secondary N) is 1. The Hall–Kier alpha value is -2.52. The minimum absolute atomic E-state index is 0.142. The minimum Gasteiger partial charge on any atom is -0.396 e. The topological polar surface area (TPSA) is 105 Å². The second kappa shape index (κ2) is 8.08. The van der Waals surface area contributed by atoms with Crippen molar-refractivity contribution in [1.29, 1.82) is 0 Å². The van der Waals surface area contributed by atoms with Crippen molar-refractivity contribution >= 4 is 17.0 Å². The number of imidazole rings is 1. The number of aliphatic hydroxyl groups is 1. The number of H-pyrrole nitrogens is 1. The molecule has 0 radical (unpaired) electrons. The van der Waals surface area contributed by atoms with Crippen LogP contribution in [0.2, 0.25) is 0 Å². The molecule has 154 valence electrons. The van der Waals surface area contributed by atoms with Crippen LogP contribution in [0.15, 0.2) is 24.9 Å². The van der Waals surface area contributed by atoms with E-state index in [0.29, 0.717) is 18.4 Å². The molecular weight excluding hydrogens is 370 g/mol. The normalized spacial score (nSPS) is 23.7. The molecule has 0 bridgehead atoms. The molecule has 5 rings (SSSR count). The second-order valence-corrected chi connectivity index (χ2v) is 8.13. The molecule has 0 amide bonds. The number of ether oxygens (including phenoxy) is 1. The third-order valence-electron chi connectivity index (χ3n) is 6.36. The lowest BCUT2D eigenvalue weighted by molar-refractivity contribution is 0.130. The molecule has 9 nitrogen and oxygen atoms in total. The van der Waals surface area contributed by atoms with Gasteiger partial charge < -0.3 is 19.3 Å². The van der Waals surface area contributed by atoms with Gasteiger partial charge in [0.05, 0.1) is 6.33 Å². The van der Waals surface area contributed by atoms with E-state index < -0.39 is 0 Å². The molecule has 3 unspecified atom stereocenters. The number of anilines is 1. The third kappa shape index (κ3) is 3.60. The van der Waals surface area contributed by atoms with Crippen LogP contribution in [0, 0.1) is 11.8 Å². The molecule has 0 spiro atoms. The second-order valence-electron chi connectivity index (χ2n) is 8.13. The molecule has 0 aliphatic carbocycles. The van der Waals surface area contributed by atoms with Crippen molar-refractivity contribution in [2.75, 3.05) is 37.8 Å². The van der Waals surface area contributed by atoms with E-state index in [-0.39, 0.29) is 12.5 Å². The fourth-order valence-electron chi connectivity index (χ4n) is 4.68. The number of piperidine rings is 1. The monoisotopic (exact) mass is 397 g/mol. The first kappa shape index (κ1) is 18.5. The van der Waals surface area contributed by atoms with Gasteiger partial charge >= 0.3 is 0 Å². The molecule has 29 heavy (non-hydrogen) atoms. The SMILES string of the molecule is OCC(Cn1cnc2c(N3CCCC(c4ccn[nH]4)C3)ncnc21)C1CCOC1. The Morgan fingerprint density at radius 1 is 1.28 bits per heavy atom. The summed E-state index contributed by atoms with van der Waals surface area (Å²) in [6, 6.07) is 2.06. The Bertz CT molecular complexity index is 936. The summed E-state index contributed by atoms with van der Waals surface area (Å²) in [6.45, 7) is 4.19. The van der Waals surface area contributed by atoms with Crippen LogP contribution < -0.4 is 4.90 Å². The van der Waals surface area contributed by atoms with E-state index in [1.807, 2.05) is 12.5 Å². The van der Waals surface area contributed by atoms with Crippen LogP contribution in [-0.4, -0.2) is 67.7 Å². The zero-order valence-corrected chi connectivity index (χ0v) is 16.4. The number of hydrogen-bond donors (Lipinski definition) is 2. The molecule has 2 saturated heterocycles. The summed E-state index contributed by atoms with van der Waals surface area (Å²) in [7, 11) is 0. The summed E-state index contributed by atoms with van der Waals surface area (Å²) in [5, 5.41) is 17.1. The van der Waals surface area contributed by atoms with Crippen LogP contribution >= 0.6 is 0 Å². The van der Waals surface area contributed by atoms with Crippen molar-refractivity contribution in [3.8, 4) is 0 Å². The lowest BCUT2D eigenvalue weighted by atomic mass is 9.92. The number of aliphatic hydroxyl groups excluding tert-OH is 1. The molecule has 0 aromatic carbocycles. The highest BCUT2D eigenvalue weighted by Crippen LogP contribution is 2.31. The molecule has 2 aliphatic rings. The van der Waals surface area contributed by atoms with E-state index >= 15 is 0 Å². The molecule has 3 atom stereocenters. The van der Waals surface area contributed by atoms with Crippen LogP contribution in [0.3, 0.4) is 0 Å². The molecule has 5 heterocycles. The van der Waals surface area contributed by atoms with Gasteiger partial charge in [-0.15, -0.1) is 0 Å². The van der Waals surface area contributed by atoms with Gasteiger partial charge in [-0.25, -0.2) is 15.0 Å². The smallest absolute Gasteiger partial charge is 0.165 e. The maximum Gasteiger partial charge on any atom is 0.165 e. The summed E-state index contributed by atoms with van der Waals surface area (Å²) in [5.41, 5.74) is 2.84. The Balaban J connectivity index is 1.39. The van der Waals surface area contributed by atoms with Gasteiger partial charge in [0.2, 0.25) is 0 Å². The third-order valence-corrected chi connectivity index (χ3v) is 6.36. The lowest BCUT2D eigenvalue weighted by Crippen LogP contribution is -2.35. The zero-order valence-electron chi connectivity index (χ0n) is 16.4. The molecule has 3 aromatic rings. The molecule has 3 aromatic heterocycles. The summed E-state index contributed by atoms with van der Waals surface area (Å²) < 4.78 is 7.56. The molecule has 9 heteroatoms. The number of rotatable bonds is 6. The minimum atomic E-state index is 0.142. The van der Waals surface area contributed by atoms with E-state index in [1.165, 1.54) is 5.69 Å². The molecule has 2 aliphatic heterocycles. The zero-order chi connectivity index (χ0) is 19.6. The predicted molar refractivity (Wildman–Crippen MR) is 108 cm³/mol. The molecule has 2 N–H and O–H groups in total. The average molecular weight is 397 g/mol. The number of aromatic nitrogens is 6. The van der Waals surface area contributed by atoms with Gasteiger partial charge in [-0.2, -0.15) is 5.10 Å². The van der Waals surface area contributed by atoms with Crippen molar-refractivity contribution in [2.45, 2.75) is 31.7 Å². The Morgan fingerprint density at radius 2 is 2.24 bits per heavy atom. The van der Waals surface area contributed by atoms with E-state index in [1.54, 1.807) is 6.33 Å². The van der Waals surface area contributed by atoms with Gasteiger partial charge in [0.15, 0.2) is 17.0 Å². The number of fused-ring (bicyclic) bond motifs is 1. The quantitative estimate of drug-likeness (QED) is 0.650. The Morgan fingerprint density at radius 3 is 3.03 bits per heavy atom. The summed E-state index contributed by atoms with van der Waals surface area (Å²) in [5.74, 6) is 1.84. The van der Waals surface area contributed by atoms with Crippen molar-refractivity contribution in [1.82, 2.24) is 29.7 Å². The van der Waals surface area contributed by atoms with Crippen molar-refractivity contribution < 1.29 is 9.84 Å². The summed E-state index contributed by atoms with van der Waals surface area (Å²) in [6.07, 6.45) is 8.51. The first-order chi connectivity index (χ1) is 14.3. The standard InChI is InChI=1S/C20H27N7O2/c28-10-16(15-4-7-29-11-15)9-27-13-23-18-19(21-12-22-20(18)27)26-6-1-2-14(8-26)17-3-5-24-25-17/h3,5,12-16,28H,1-2,4,6-11H2,(H,24,25). The van der Waals surface area contributed by atoms with Gasteiger partial charge in [0.1, 0.15) is 6.33 Å². The lowest BCUT2D eigenvalue weighted by Gasteiger charge is -2.33. The highest BCUT2D eigenvalue weighted by molar-refractivity contribution is 5.83. The molecular formula is C20H27N7O2. The van der Waals surface area contributed by atoms with Crippen molar-refractivity contribution in [2.24, 2.45) is 11.8 Å². The fraction of sp³-hybridized carbons (Fsp3) is 0.600. The summed E-state index contributed by atoms with van der Waals surface area (Å²) in [4.78, 5) is 16.1. The van der Waals surface area contributed by atoms with Crippen LogP contribution in [0.5, 0.6) is 0 Å². The number of nitrogens with zero attached hydrogens (tertiary/aromatic N) is 6. The Kier molecular flexibility index (Phi) is 5.15. The van der Waals surface area contributed by atoms with Gasteiger partial charge in [-0.05, 0) is 31.2 Å². The van der Waals surface area contributed by atoms with E-state index in [0.717, 1.165) is 62.5 Å². The molecule has 2 fully saturated rings. The maximum absolute atomic E-state index is 9.90. The van der Waals surface area contributed by atoms with Crippen LogP contribution in [0.4, 0.5) is 5.82 Å². The first-order valence-electron chi connectivity index (χ1n) is 10.4. The number of aromatic amines is 1. The maximum atomic E-state index is 9.90. The van der Waals surface area contributed by atoms with E-state index in [4.69, 9.17) is 4.74 Å². The summed E-state index contributed by atoms with van der Waals surface area (Å²) >= 11 is 0. The van der Waals surface area contributed by atoms with Crippen molar-refractivity contribution in [3.63, 3.8) is 0 Å². The highest BCUT2D eigenvalue weighted by atomic mass is 16.5. The highest BCUT2D eigenvalue weighted by Gasteiger charge is 2.28. The largest absolute Gasteiger partial charge is 0.396 e. The fourth-order valence-corrected chi connectivity index (χ4v) is 4.68. The molecule has 0 saturated carbocycles. The van der Waals surface area contributed by atoms with Gasteiger partial charge in [-0.1, -0.05) is 0 Å². The van der Waals surface area contributed by atoms with E-state index in [2.05, 4.69) is 40.7 Å².